The van der Waals surface area contributed by atoms with Crippen molar-refractivity contribution in [3.8, 4) is 6.07 Å². The largest absolute Gasteiger partial charge is 0.356 e. The number of carbonyl (C=O) groups is 1. The fraction of sp³-hybridized carbons (Fsp3) is 0.273. The van der Waals surface area contributed by atoms with Crippen LogP contribution in [0.25, 0.3) is 6.08 Å². The van der Waals surface area contributed by atoms with Gasteiger partial charge in [-0.25, -0.2) is 0 Å². The molecule has 1 aliphatic rings. The Morgan fingerprint density at radius 1 is 0.962 bits per heavy atom. The molecule has 0 saturated heterocycles. The van der Waals surface area contributed by atoms with Crippen LogP contribution in [0.1, 0.15) is 37.7 Å². The first kappa shape index (κ1) is 17.8. The standard InChI is InChI=1S/C22H23N3O/c23-16-18(22(26)25-20-9-5-2-6-10-20)15-17-11-13-21(14-12-17)24-19-7-3-1-4-8-19/h1,3-4,7-8,11-15,20,24H,2,5-6,9-10H2,(H,25,26)/b18-15+. The Morgan fingerprint density at radius 2 is 1.62 bits per heavy atom. The highest BCUT2D eigenvalue weighted by atomic mass is 16.1. The number of para-hydroxylation sites is 1. The maximum atomic E-state index is 12.3. The maximum absolute atomic E-state index is 12.3. The number of rotatable bonds is 5. The highest BCUT2D eigenvalue weighted by Gasteiger charge is 2.17. The fourth-order valence-corrected chi connectivity index (χ4v) is 3.18. The van der Waals surface area contributed by atoms with E-state index in [9.17, 15) is 10.1 Å². The molecule has 1 saturated carbocycles. The van der Waals surface area contributed by atoms with Crippen molar-refractivity contribution < 1.29 is 4.79 Å². The summed E-state index contributed by atoms with van der Waals surface area (Å²) in [5.41, 5.74) is 2.96. The Bertz CT molecular complexity index is 798. The van der Waals surface area contributed by atoms with Crippen molar-refractivity contribution in [3.05, 3.63) is 65.7 Å². The minimum absolute atomic E-state index is 0.152. The van der Waals surface area contributed by atoms with E-state index in [0.29, 0.717) is 0 Å². The van der Waals surface area contributed by atoms with Crippen LogP contribution in [0, 0.1) is 11.3 Å². The Hall–Kier alpha value is -3.06. The molecular weight excluding hydrogens is 322 g/mol. The molecule has 0 aliphatic heterocycles. The second-order valence-electron chi connectivity index (χ2n) is 6.59. The molecule has 0 aromatic heterocycles. The summed E-state index contributed by atoms with van der Waals surface area (Å²) in [5.74, 6) is -0.272. The molecular formula is C22H23N3O. The number of anilines is 2. The van der Waals surface area contributed by atoms with E-state index in [1.54, 1.807) is 6.08 Å². The zero-order valence-corrected chi connectivity index (χ0v) is 14.7. The van der Waals surface area contributed by atoms with Gasteiger partial charge in [0, 0.05) is 17.4 Å². The number of nitrogens with zero attached hydrogens (tertiary/aromatic N) is 1. The van der Waals surface area contributed by atoms with Gasteiger partial charge in [-0.15, -0.1) is 0 Å². The number of amides is 1. The van der Waals surface area contributed by atoms with Gasteiger partial charge in [0.2, 0.25) is 0 Å². The van der Waals surface area contributed by atoms with Crippen molar-refractivity contribution >= 4 is 23.4 Å². The zero-order chi connectivity index (χ0) is 18.2. The predicted octanol–water partition coefficient (Wildman–Crippen LogP) is 4.79. The maximum Gasteiger partial charge on any atom is 0.262 e. The molecule has 4 nitrogen and oxygen atoms in total. The van der Waals surface area contributed by atoms with Gasteiger partial charge in [-0.3, -0.25) is 4.79 Å². The summed E-state index contributed by atoms with van der Waals surface area (Å²) in [6.45, 7) is 0. The number of nitriles is 1. The smallest absolute Gasteiger partial charge is 0.262 e. The third-order valence-electron chi connectivity index (χ3n) is 4.59. The molecule has 1 fully saturated rings. The van der Waals surface area contributed by atoms with Crippen LogP contribution in [0.15, 0.2) is 60.2 Å². The second-order valence-corrected chi connectivity index (χ2v) is 6.59. The van der Waals surface area contributed by atoms with Crippen molar-refractivity contribution in [2.45, 2.75) is 38.1 Å². The van der Waals surface area contributed by atoms with Gasteiger partial charge < -0.3 is 10.6 Å². The molecule has 132 valence electrons. The third-order valence-corrected chi connectivity index (χ3v) is 4.59. The van der Waals surface area contributed by atoms with Crippen molar-refractivity contribution in [1.29, 1.82) is 5.26 Å². The van der Waals surface area contributed by atoms with Crippen molar-refractivity contribution in [1.82, 2.24) is 5.32 Å². The van der Waals surface area contributed by atoms with Crippen molar-refractivity contribution in [2.24, 2.45) is 0 Å². The minimum atomic E-state index is -0.272. The van der Waals surface area contributed by atoms with E-state index in [0.717, 1.165) is 42.6 Å². The third kappa shape index (κ3) is 4.97. The lowest BCUT2D eigenvalue weighted by atomic mass is 9.95. The first-order valence-corrected chi connectivity index (χ1v) is 9.09. The zero-order valence-electron chi connectivity index (χ0n) is 14.7. The number of hydrogen-bond donors (Lipinski definition) is 2. The van der Waals surface area contributed by atoms with Gasteiger partial charge >= 0.3 is 0 Å². The molecule has 4 heteroatoms. The summed E-state index contributed by atoms with van der Waals surface area (Å²) in [5, 5.41) is 15.6. The summed E-state index contributed by atoms with van der Waals surface area (Å²) in [4.78, 5) is 12.3. The van der Waals surface area contributed by atoms with Crippen molar-refractivity contribution in [3.63, 3.8) is 0 Å². The summed E-state index contributed by atoms with van der Waals surface area (Å²) in [6.07, 6.45) is 7.18. The van der Waals surface area contributed by atoms with E-state index >= 15 is 0 Å². The molecule has 0 heterocycles. The molecule has 1 aliphatic carbocycles. The molecule has 0 spiro atoms. The van der Waals surface area contributed by atoms with Crippen LogP contribution in [0.5, 0.6) is 0 Å². The Kier molecular flexibility index (Phi) is 6.05. The lowest BCUT2D eigenvalue weighted by Crippen LogP contribution is -2.36. The number of carbonyl (C=O) groups excluding carboxylic acids is 1. The predicted molar refractivity (Wildman–Crippen MR) is 105 cm³/mol. The van der Waals surface area contributed by atoms with Crippen molar-refractivity contribution in [2.75, 3.05) is 5.32 Å². The Balaban J connectivity index is 1.65. The summed E-state index contributed by atoms with van der Waals surface area (Å²) >= 11 is 0. The van der Waals surface area contributed by atoms with E-state index in [4.69, 9.17) is 0 Å². The highest BCUT2D eigenvalue weighted by Crippen LogP contribution is 2.19. The first-order valence-electron chi connectivity index (χ1n) is 9.09. The van der Waals surface area contributed by atoms with Crippen LogP contribution in [0.3, 0.4) is 0 Å². The molecule has 2 aromatic rings. The number of hydrogen-bond acceptors (Lipinski definition) is 3. The Morgan fingerprint density at radius 3 is 2.27 bits per heavy atom. The van der Waals surface area contributed by atoms with E-state index in [2.05, 4.69) is 10.6 Å². The van der Waals surface area contributed by atoms with Gasteiger partial charge in [0.25, 0.3) is 5.91 Å². The molecule has 3 rings (SSSR count). The molecule has 2 aromatic carbocycles. The number of benzene rings is 2. The van der Waals surface area contributed by atoms with E-state index < -0.39 is 0 Å². The molecule has 2 N–H and O–H groups in total. The van der Waals surface area contributed by atoms with E-state index in [-0.39, 0.29) is 17.5 Å². The van der Waals surface area contributed by atoms with Crippen LogP contribution in [-0.4, -0.2) is 11.9 Å². The second kappa shape index (κ2) is 8.87. The van der Waals surface area contributed by atoms with Gasteiger partial charge in [0.1, 0.15) is 11.6 Å². The first-order chi connectivity index (χ1) is 12.7. The molecule has 26 heavy (non-hydrogen) atoms. The Labute approximate surface area is 154 Å². The molecule has 0 atom stereocenters. The van der Waals surface area contributed by atoms with Crippen LogP contribution in [-0.2, 0) is 4.79 Å². The molecule has 1 amide bonds. The van der Waals surface area contributed by atoms with Gasteiger partial charge in [-0.05, 0) is 48.7 Å². The van der Waals surface area contributed by atoms with Crippen LogP contribution >= 0.6 is 0 Å². The molecule has 0 bridgehead atoms. The SMILES string of the molecule is N#C/C(=C\c1ccc(Nc2ccccc2)cc1)C(=O)NC1CCCCC1. The van der Waals surface area contributed by atoms with Gasteiger partial charge in [0.05, 0.1) is 0 Å². The lowest BCUT2D eigenvalue weighted by molar-refractivity contribution is -0.117. The fourth-order valence-electron chi connectivity index (χ4n) is 3.18. The lowest BCUT2D eigenvalue weighted by Gasteiger charge is -2.22. The summed E-state index contributed by atoms with van der Waals surface area (Å²) in [7, 11) is 0. The summed E-state index contributed by atoms with van der Waals surface area (Å²) < 4.78 is 0. The average Bonchev–Trinajstić information content (AvgIpc) is 2.69. The van der Waals surface area contributed by atoms with Gasteiger partial charge in [-0.1, -0.05) is 49.6 Å². The topological polar surface area (TPSA) is 64.9 Å². The highest BCUT2D eigenvalue weighted by molar-refractivity contribution is 6.01. The quantitative estimate of drug-likeness (QED) is 0.605. The van der Waals surface area contributed by atoms with E-state index in [1.165, 1.54) is 6.42 Å². The number of nitrogens with one attached hydrogen (secondary N) is 2. The minimum Gasteiger partial charge on any atom is -0.356 e. The van der Waals surface area contributed by atoms with Crippen LogP contribution < -0.4 is 10.6 Å². The molecule has 0 radical (unpaired) electrons. The monoisotopic (exact) mass is 345 g/mol. The van der Waals surface area contributed by atoms with Crippen LogP contribution in [0.2, 0.25) is 0 Å². The normalized spacial score (nSPS) is 15.1. The summed E-state index contributed by atoms with van der Waals surface area (Å²) in [6, 6.07) is 19.8. The van der Waals surface area contributed by atoms with Gasteiger partial charge in [0.15, 0.2) is 0 Å². The average molecular weight is 345 g/mol. The van der Waals surface area contributed by atoms with Crippen LogP contribution in [0.4, 0.5) is 11.4 Å². The van der Waals surface area contributed by atoms with Gasteiger partial charge in [-0.2, -0.15) is 5.26 Å². The van der Waals surface area contributed by atoms with E-state index in [1.807, 2.05) is 60.7 Å². The molecule has 0 unspecified atom stereocenters.